The van der Waals surface area contributed by atoms with Gasteiger partial charge in [-0.25, -0.2) is 13.2 Å². The summed E-state index contributed by atoms with van der Waals surface area (Å²) in [5, 5.41) is 0. The first kappa shape index (κ1) is 27.8. The smallest absolute Gasteiger partial charge is 0.134 e. The Kier molecular flexibility index (Phi) is 10.8. The SMILES string of the molecule is CCCCCC1CCC(C2CCC(CCC3CCC(C4CCC(C)CC4F)CC3)C(F)C2F)CC1. The molecule has 0 nitrogen and oxygen atoms in total. The number of hydrogen-bond acceptors (Lipinski definition) is 0. The van der Waals surface area contributed by atoms with E-state index in [2.05, 4.69) is 13.8 Å². The molecule has 0 aromatic carbocycles. The Hall–Kier alpha value is -0.210. The van der Waals surface area contributed by atoms with Gasteiger partial charge in [-0.05, 0) is 105 Å². The molecule has 0 spiro atoms. The van der Waals surface area contributed by atoms with Crippen molar-refractivity contribution in [2.24, 2.45) is 47.3 Å². The van der Waals surface area contributed by atoms with Gasteiger partial charge in [-0.1, -0.05) is 78.1 Å². The van der Waals surface area contributed by atoms with Crippen LogP contribution in [0.4, 0.5) is 13.2 Å². The lowest BCUT2D eigenvalue weighted by molar-refractivity contribution is -0.0165. The fourth-order valence-corrected chi connectivity index (χ4v) is 8.83. The molecular formula is C32H55F3. The third-order valence-corrected chi connectivity index (χ3v) is 11.3. The molecule has 0 aromatic heterocycles. The average molecular weight is 497 g/mol. The van der Waals surface area contributed by atoms with Crippen LogP contribution in [0.15, 0.2) is 0 Å². The molecule has 4 aliphatic carbocycles. The number of halogens is 3. The lowest BCUT2D eigenvalue weighted by atomic mass is 9.65. The van der Waals surface area contributed by atoms with Crippen LogP contribution in [0.5, 0.6) is 0 Å². The van der Waals surface area contributed by atoms with Crippen molar-refractivity contribution in [1.29, 1.82) is 0 Å². The van der Waals surface area contributed by atoms with Crippen LogP contribution in [0.1, 0.15) is 136 Å². The fraction of sp³-hybridized carbons (Fsp3) is 1.00. The molecule has 0 aliphatic heterocycles. The number of alkyl halides is 3. The van der Waals surface area contributed by atoms with Crippen LogP contribution in [-0.2, 0) is 0 Å². The number of unbranched alkanes of at least 4 members (excludes halogenated alkanes) is 2. The Morgan fingerprint density at radius 2 is 1.17 bits per heavy atom. The molecule has 0 aromatic rings. The van der Waals surface area contributed by atoms with E-state index >= 15 is 8.78 Å². The molecule has 0 radical (unpaired) electrons. The largest absolute Gasteiger partial charge is 0.247 e. The van der Waals surface area contributed by atoms with Crippen molar-refractivity contribution in [1.82, 2.24) is 0 Å². The van der Waals surface area contributed by atoms with Gasteiger partial charge in [-0.2, -0.15) is 0 Å². The molecule has 4 aliphatic rings. The maximum absolute atomic E-state index is 15.3. The van der Waals surface area contributed by atoms with Gasteiger partial charge in [0.25, 0.3) is 0 Å². The molecular weight excluding hydrogens is 441 g/mol. The second kappa shape index (κ2) is 13.5. The quantitative estimate of drug-likeness (QED) is 0.278. The lowest BCUT2D eigenvalue weighted by Crippen LogP contribution is -2.42. The standard InChI is InChI=1S/C32H55F3/c1-3-4-5-6-23-8-15-26(16-9-23)29-20-18-27(31(34)32(29)35)17-12-24-10-13-25(14-11-24)28-19-7-22(2)21-30(28)33/h22-32H,3-21H2,1-2H3. The van der Waals surface area contributed by atoms with Gasteiger partial charge in [0.2, 0.25) is 0 Å². The van der Waals surface area contributed by atoms with Crippen molar-refractivity contribution in [2.75, 3.05) is 0 Å². The molecule has 35 heavy (non-hydrogen) atoms. The Morgan fingerprint density at radius 1 is 0.571 bits per heavy atom. The van der Waals surface area contributed by atoms with Crippen molar-refractivity contribution in [3.05, 3.63) is 0 Å². The van der Waals surface area contributed by atoms with Crippen LogP contribution in [-0.4, -0.2) is 18.5 Å². The van der Waals surface area contributed by atoms with E-state index < -0.39 is 18.5 Å². The maximum atomic E-state index is 15.3. The van der Waals surface area contributed by atoms with Crippen molar-refractivity contribution >= 4 is 0 Å². The van der Waals surface area contributed by atoms with Gasteiger partial charge in [0, 0.05) is 0 Å². The predicted octanol–water partition coefficient (Wildman–Crippen LogP) is 10.4. The van der Waals surface area contributed by atoms with Crippen LogP contribution >= 0.6 is 0 Å². The molecule has 0 saturated heterocycles. The van der Waals surface area contributed by atoms with Gasteiger partial charge in [0.05, 0.1) is 0 Å². The van der Waals surface area contributed by atoms with E-state index in [9.17, 15) is 4.39 Å². The van der Waals surface area contributed by atoms with Crippen LogP contribution < -0.4 is 0 Å². The molecule has 4 fully saturated rings. The molecule has 4 rings (SSSR count). The zero-order chi connectivity index (χ0) is 24.8. The van der Waals surface area contributed by atoms with E-state index in [1.54, 1.807) is 0 Å². The van der Waals surface area contributed by atoms with E-state index in [0.717, 1.165) is 70.1 Å². The molecule has 7 atom stereocenters. The van der Waals surface area contributed by atoms with Crippen LogP contribution in [0.2, 0.25) is 0 Å². The zero-order valence-electron chi connectivity index (χ0n) is 22.9. The third-order valence-electron chi connectivity index (χ3n) is 11.3. The first-order chi connectivity index (χ1) is 17.0. The first-order valence-electron chi connectivity index (χ1n) is 15.9. The van der Waals surface area contributed by atoms with Gasteiger partial charge in [0.1, 0.15) is 18.5 Å². The van der Waals surface area contributed by atoms with Crippen LogP contribution in [0.25, 0.3) is 0 Å². The molecule has 7 unspecified atom stereocenters. The van der Waals surface area contributed by atoms with Crippen LogP contribution in [0, 0.1) is 47.3 Å². The topological polar surface area (TPSA) is 0 Å². The van der Waals surface area contributed by atoms with Gasteiger partial charge in [-0.15, -0.1) is 0 Å². The summed E-state index contributed by atoms with van der Waals surface area (Å²) in [6, 6.07) is 0. The normalized spacial score (nSPS) is 45.3. The summed E-state index contributed by atoms with van der Waals surface area (Å²) < 4.78 is 45.2. The molecule has 0 bridgehead atoms. The second-order valence-electron chi connectivity index (χ2n) is 13.6. The van der Waals surface area contributed by atoms with E-state index in [1.165, 1.54) is 57.8 Å². The highest BCUT2D eigenvalue weighted by Gasteiger charge is 2.44. The highest BCUT2D eigenvalue weighted by Crippen LogP contribution is 2.47. The number of rotatable bonds is 9. The van der Waals surface area contributed by atoms with Gasteiger partial charge >= 0.3 is 0 Å². The average Bonchev–Trinajstić information content (AvgIpc) is 2.86. The van der Waals surface area contributed by atoms with Gasteiger partial charge in [0.15, 0.2) is 0 Å². The highest BCUT2D eigenvalue weighted by atomic mass is 19.2. The summed E-state index contributed by atoms with van der Waals surface area (Å²) in [4.78, 5) is 0. The first-order valence-corrected chi connectivity index (χ1v) is 15.9. The Bertz CT molecular complexity index is 592. The Balaban J connectivity index is 1.15. The monoisotopic (exact) mass is 496 g/mol. The van der Waals surface area contributed by atoms with Crippen molar-refractivity contribution in [2.45, 2.75) is 154 Å². The number of hydrogen-bond donors (Lipinski definition) is 0. The van der Waals surface area contributed by atoms with Crippen molar-refractivity contribution in [3.8, 4) is 0 Å². The highest BCUT2D eigenvalue weighted by molar-refractivity contribution is 4.93. The van der Waals surface area contributed by atoms with Gasteiger partial charge in [-0.3, -0.25) is 0 Å². The van der Waals surface area contributed by atoms with E-state index in [1.807, 2.05) is 0 Å². The molecule has 4 saturated carbocycles. The summed E-state index contributed by atoms with van der Waals surface area (Å²) in [6.07, 6.45) is 18.3. The maximum Gasteiger partial charge on any atom is 0.134 e. The summed E-state index contributed by atoms with van der Waals surface area (Å²) in [7, 11) is 0. The lowest BCUT2D eigenvalue weighted by Gasteiger charge is -2.42. The second-order valence-corrected chi connectivity index (χ2v) is 13.6. The van der Waals surface area contributed by atoms with Crippen LogP contribution in [0.3, 0.4) is 0 Å². The predicted molar refractivity (Wildman–Crippen MR) is 142 cm³/mol. The summed E-state index contributed by atoms with van der Waals surface area (Å²) in [5.74, 6) is 3.21. The molecule has 204 valence electrons. The Labute approximate surface area is 215 Å². The molecule has 3 heteroatoms. The van der Waals surface area contributed by atoms with Crippen molar-refractivity contribution < 1.29 is 13.2 Å². The summed E-state index contributed by atoms with van der Waals surface area (Å²) >= 11 is 0. The Morgan fingerprint density at radius 3 is 1.80 bits per heavy atom. The van der Waals surface area contributed by atoms with E-state index in [4.69, 9.17) is 0 Å². The third kappa shape index (κ3) is 7.43. The van der Waals surface area contributed by atoms with E-state index in [-0.39, 0.29) is 17.8 Å². The minimum Gasteiger partial charge on any atom is -0.247 e. The fourth-order valence-electron chi connectivity index (χ4n) is 8.83. The van der Waals surface area contributed by atoms with Gasteiger partial charge < -0.3 is 0 Å². The van der Waals surface area contributed by atoms with E-state index in [0.29, 0.717) is 23.7 Å². The van der Waals surface area contributed by atoms with Crippen molar-refractivity contribution in [3.63, 3.8) is 0 Å². The molecule has 0 heterocycles. The molecule has 0 N–H and O–H groups in total. The minimum absolute atomic E-state index is 0.0276. The summed E-state index contributed by atoms with van der Waals surface area (Å²) in [5.41, 5.74) is 0. The zero-order valence-corrected chi connectivity index (χ0v) is 22.9. The summed E-state index contributed by atoms with van der Waals surface area (Å²) in [6.45, 7) is 4.44. The molecule has 0 amide bonds. The minimum atomic E-state index is -1.25.